The molecule has 3 fully saturated rings. The van der Waals surface area contributed by atoms with E-state index in [1.165, 1.54) is 7.11 Å². The Morgan fingerprint density at radius 1 is 1.22 bits per heavy atom. The van der Waals surface area contributed by atoms with Crippen LogP contribution in [0.1, 0.15) is 24.4 Å². The van der Waals surface area contributed by atoms with Crippen LogP contribution in [0.4, 0.5) is 4.79 Å². The van der Waals surface area contributed by atoms with Gasteiger partial charge in [-0.25, -0.2) is 9.59 Å². The number of esters is 1. The lowest BCUT2D eigenvalue weighted by Crippen LogP contribution is -2.52. The van der Waals surface area contributed by atoms with Crippen molar-refractivity contribution in [3.8, 4) is 0 Å². The van der Waals surface area contributed by atoms with Gasteiger partial charge in [0.2, 0.25) is 0 Å². The highest BCUT2D eigenvalue weighted by atomic mass is 16.6. The molecule has 3 heterocycles. The number of rotatable bonds is 4. The van der Waals surface area contributed by atoms with E-state index in [9.17, 15) is 9.59 Å². The number of hydrogen-bond donors (Lipinski definition) is 1. The summed E-state index contributed by atoms with van der Waals surface area (Å²) in [7, 11) is 1.27. The highest BCUT2D eigenvalue weighted by molar-refractivity contribution is 5.82. The van der Waals surface area contributed by atoms with E-state index in [2.05, 4.69) is 15.0 Å². The van der Waals surface area contributed by atoms with E-state index in [-0.39, 0.29) is 6.10 Å². The van der Waals surface area contributed by atoms with Gasteiger partial charge in [0, 0.05) is 6.54 Å². The van der Waals surface area contributed by atoms with Crippen LogP contribution in [0.2, 0.25) is 0 Å². The maximum atomic E-state index is 12.6. The van der Waals surface area contributed by atoms with Crippen LogP contribution in [0.5, 0.6) is 0 Å². The molecular formula is C17H22N2O4. The van der Waals surface area contributed by atoms with Crippen molar-refractivity contribution in [2.24, 2.45) is 5.92 Å². The fraction of sp³-hybridized carbons (Fsp3) is 0.529. The van der Waals surface area contributed by atoms with Crippen LogP contribution >= 0.6 is 0 Å². The summed E-state index contributed by atoms with van der Waals surface area (Å²) in [6.45, 7) is 2.96. The molecule has 3 saturated heterocycles. The van der Waals surface area contributed by atoms with Gasteiger partial charge in [0.1, 0.15) is 6.10 Å². The molecule has 0 spiro atoms. The number of piperidine rings is 3. The molecule has 0 aromatic heterocycles. The third-order valence-electron chi connectivity index (χ3n) is 4.68. The fourth-order valence-electron chi connectivity index (χ4n) is 3.36. The molecule has 1 aromatic carbocycles. The van der Waals surface area contributed by atoms with Crippen LogP contribution < -0.4 is 5.32 Å². The van der Waals surface area contributed by atoms with E-state index < -0.39 is 18.1 Å². The zero-order chi connectivity index (χ0) is 16.2. The second-order valence-electron chi connectivity index (χ2n) is 6.09. The Labute approximate surface area is 135 Å². The number of benzene rings is 1. The highest BCUT2D eigenvalue weighted by Gasteiger charge is 2.38. The molecule has 23 heavy (non-hydrogen) atoms. The summed E-state index contributed by atoms with van der Waals surface area (Å²) >= 11 is 0. The summed E-state index contributed by atoms with van der Waals surface area (Å²) in [4.78, 5) is 26.5. The average molecular weight is 318 g/mol. The standard InChI is InChI=1S/C17H22N2O4/c1-22-17(21)18-15(13-5-3-2-4-6-13)16(20)23-14-11-19-9-7-12(14)8-10-19/h2-6,12,14-15H,7-11H2,1H3,(H,18,21). The molecule has 124 valence electrons. The topological polar surface area (TPSA) is 67.9 Å². The lowest BCUT2D eigenvalue weighted by atomic mass is 9.86. The maximum Gasteiger partial charge on any atom is 0.407 e. The Morgan fingerprint density at radius 2 is 1.91 bits per heavy atom. The quantitative estimate of drug-likeness (QED) is 0.856. The number of nitrogens with one attached hydrogen (secondary N) is 1. The van der Waals surface area contributed by atoms with E-state index in [4.69, 9.17) is 4.74 Å². The number of hydrogen-bond acceptors (Lipinski definition) is 5. The third-order valence-corrected chi connectivity index (χ3v) is 4.68. The summed E-state index contributed by atoms with van der Waals surface area (Å²) in [5.74, 6) is -0.00106. The molecule has 3 aliphatic heterocycles. The molecule has 0 aliphatic carbocycles. The van der Waals surface area contributed by atoms with Crippen LogP contribution in [0, 0.1) is 5.92 Å². The van der Waals surface area contributed by atoms with E-state index in [1.807, 2.05) is 18.2 Å². The fourth-order valence-corrected chi connectivity index (χ4v) is 3.36. The Kier molecular flexibility index (Phi) is 4.81. The van der Waals surface area contributed by atoms with Crippen LogP contribution in [-0.2, 0) is 14.3 Å². The molecule has 2 atom stereocenters. The lowest BCUT2D eigenvalue weighted by molar-refractivity contribution is -0.161. The van der Waals surface area contributed by atoms with Gasteiger partial charge >= 0.3 is 12.1 Å². The zero-order valence-electron chi connectivity index (χ0n) is 13.2. The van der Waals surface area contributed by atoms with Gasteiger partial charge in [-0.1, -0.05) is 30.3 Å². The molecule has 0 radical (unpaired) electrons. The molecule has 1 N–H and O–H groups in total. The molecule has 6 heteroatoms. The Balaban J connectivity index is 1.71. The summed E-state index contributed by atoms with van der Waals surface area (Å²) < 4.78 is 10.4. The van der Waals surface area contributed by atoms with Gasteiger partial charge in [0.05, 0.1) is 7.11 Å². The number of nitrogens with zero attached hydrogens (tertiary/aromatic N) is 1. The van der Waals surface area contributed by atoms with Gasteiger partial charge < -0.3 is 14.8 Å². The van der Waals surface area contributed by atoms with E-state index >= 15 is 0 Å². The van der Waals surface area contributed by atoms with Gasteiger partial charge in [-0.05, 0) is 37.4 Å². The number of alkyl carbamates (subject to hydrolysis) is 1. The van der Waals surface area contributed by atoms with Gasteiger partial charge in [-0.3, -0.25) is 4.90 Å². The first-order valence-corrected chi connectivity index (χ1v) is 7.99. The molecule has 1 aromatic rings. The van der Waals surface area contributed by atoms with Crippen molar-refractivity contribution in [3.05, 3.63) is 35.9 Å². The van der Waals surface area contributed by atoms with Crippen LogP contribution in [0.25, 0.3) is 0 Å². The molecule has 1 amide bonds. The largest absolute Gasteiger partial charge is 0.459 e. The normalized spacial score (nSPS) is 27.1. The number of fused-ring (bicyclic) bond motifs is 3. The van der Waals surface area contributed by atoms with Crippen molar-refractivity contribution in [2.75, 3.05) is 26.7 Å². The number of methoxy groups -OCH3 is 1. The third kappa shape index (κ3) is 3.64. The first kappa shape index (κ1) is 15.8. The minimum atomic E-state index is -0.848. The van der Waals surface area contributed by atoms with Gasteiger partial charge in [0.25, 0.3) is 0 Å². The Bertz CT molecular complexity index is 555. The number of amides is 1. The van der Waals surface area contributed by atoms with Gasteiger partial charge in [-0.2, -0.15) is 0 Å². The summed E-state index contributed by atoms with van der Waals surface area (Å²) in [5.41, 5.74) is 0.684. The maximum absolute atomic E-state index is 12.6. The van der Waals surface area contributed by atoms with Gasteiger partial charge in [0.15, 0.2) is 6.04 Å². The Morgan fingerprint density at radius 3 is 2.48 bits per heavy atom. The SMILES string of the molecule is COC(=O)NC(C(=O)OC1CN2CCC1CC2)c1ccccc1. The predicted molar refractivity (Wildman–Crippen MR) is 83.8 cm³/mol. The van der Waals surface area contributed by atoms with Crippen molar-refractivity contribution in [1.82, 2.24) is 10.2 Å². The molecule has 2 bridgehead atoms. The summed E-state index contributed by atoms with van der Waals surface area (Å²) in [5, 5.41) is 2.57. The van der Waals surface area contributed by atoms with Crippen molar-refractivity contribution < 1.29 is 19.1 Å². The van der Waals surface area contributed by atoms with E-state index in [1.54, 1.807) is 12.1 Å². The summed E-state index contributed by atoms with van der Waals surface area (Å²) in [6.07, 6.45) is 1.40. The molecule has 2 unspecified atom stereocenters. The van der Waals surface area contributed by atoms with Crippen molar-refractivity contribution in [2.45, 2.75) is 25.0 Å². The average Bonchev–Trinajstić information content (AvgIpc) is 2.61. The minimum Gasteiger partial charge on any atom is -0.459 e. The molecule has 4 rings (SSSR count). The van der Waals surface area contributed by atoms with E-state index in [0.29, 0.717) is 11.5 Å². The van der Waals surface area contributed by atoms with Crippen molar-refractivity contribution >= 4 is 12.1 Å². The predicted octanol–water partition coefficient (Wildman–Crippen LogP) is 1.72. The molecular weight excluding hydrogens is 296 g/mol. The van der Waals surface area contributed by atoms with Crippen molar-refractivity contribution in [1.29, 1.82) is 0 Å². The zero-order valence-corrected chi connectivity index (χ0v) is 13.2. The molecule has 0 saturated carbocycles. The first-order valence-electron chi connectivity index (χ1n) is 7.99. The van der Waals surface area contributed by atoms with Crippen LogP contribution in [0.3, 0.4) is 0 Å². The second-order valence-corrected chi connectivity index (χ2v) is 6.09. The molecule has 6 nitrogen and oxygen atoms in total. The van der Waals surface area contributed by atoms with Crippen molar-refractivity contribution in [3.63, 3.8) is 0 Å². The van der Waals surface area contributed by atoms with Gasteiger partial charge in [-0.15, -0.1) is 0 Å². The highest BCUT2D eigenvalue weighted by Crippen LogP contribution is 2.30. The minimum absolute atomic E-state index is 0.0874. The smallest absolute Gasteiger partial charge is 0.407 e. The van der Waals surface area contributed by atoms with Crippen LogP contribution in [0.15, 0.2) is 30.3 Å². The monoisotopic (exact) mass is 318 g/mol. The molecule has 3 aliphatic rings. The van der Waals surface area contributed by atoms with Crippen LogP contribution in [-0.4, -0.2) is 49.8 Å². The number of ether oxygens (including phenoxy) is 2. The lowest BCUT2D eigenvalue weighted by Gasteiger charge is -2.44. The number of carbonyl (C=O) groups excluding carboxylic acids is 2. The second kappa shape index (κ2) is 7.00. The number of carbonyl (C=O) groups is 2. The summed E-state index contributed by atoms with van der Waals surface area (Å²) in [6, 6.07) is 8.24. The Hall–Kier alpha value is -2.08. The first-order chi connectivity index (χ1) is 11.2. The van der Waals surface area contributed by atoms with E-state index in [0.717, 1.165) is 32.5 Å².